The average molecular weight is 259 g/mol. The van der Waals surface area contributed by atoms with Gasteiger partial charge in [0.25, 0.3) is 5.91 Å². The van der Waals surface area contributed by atoms with Crippen LogP contribution in [-0.2, 0) is 0 Å². The minimum absolute atomic E-state index is 0.111. The molecule has 3 rings (SSSR count). The van der Waals surface area contributed by atoms with Crippen LogP contribution in [0.2, 0.25) is 0 Å². The predicted octanol–water partition coefficient (Wildman–Crippen LogP) is 0.763. The molecule has 1 saturated carbocycles. The first kappa shape index (κ1) is 11.6. The summed E-state index contributed by atoms with van der Waals surface area (Å²) in [5, 5.41) is 12.4. The molecular weight excluding hydrogens is 246 g/mol. The molecule has 0 saturated heterocycles. The van der Waals surface area contributed by atoms with E-state index in [1.54, 1.807) is 24.3 Å². The number of benzene rings is 1. The number of amides is 1. The number of H-pyrrole nitrogens is 1. The second-order valence-electron chi connectivity index (χ2n) is 4.58. The lowest BCUT2D eigenvalue weighted by molar-refractivity contribution is 0.0951. The zero-order valence-corrected chi connectivity index (χ0v) is 10.1. The Balaban J connectivity index is 1.86. The first-order valence-electron chi connectivity index (χ1n) is 6.06. The maximum absolute atomic E-state index is 11.8. The number of aromatic amines is 1. The fraction of sp³-hybridized carbons (Fsp3) is 0.231. The van der Waals surface area contributed by atoms with Crippen LogP contribution < -0.4 is 11.0 Å². The van der Waals surface area contributed by atoms with Gasteiger partial charge in [-0.15, -0.1) is 0 Å². The van der Waals surface area contributed by atoms with Crippen molar-refractivity contribution in [3.05, 3.63) is 46.5 Å². The van der Waals surface area contributed by atoms with Crippen molar-refractivity contribution < 1.29 is 9.90 Å². The van der Waals surface area contributed by atoms with Crippen LogP contribution in [0, 0.1) is 0 Å². The summed E-state index contributed by atoms with van der Waals surface area (Å²) in [5.41, 5.74) is 0.623. The first-order chi connectivity index (χ1) is 9.15. The summed E-state index contributed by atoms with van der Waals surface area (Å²) in [4.78, 5) is 25.7. The minimum Gasteiger partial charge on any atom is -0.493 e. The normalized spacial score (nSPS) is 14.3. The summed E-state index contributed by atoms with van der Waals surface area (Å²) in [6.07, 6.45) is 3.29. The highest BCUT2D eigenvalue weighted by molar-refractivity contribution is 5.94. The van der Waals surface area contributed by atoms with Crippen molar-refractivity contribution in [3.8, 4) is 11.6 Å². The summed E-state index contributed by atoms with van der Waals surface area (Å²) in [6.45, 7) is 0. The lowest BCUT2D eigenvalue weighted by atomic mass is 10.2. The van der Waals surface area contributed by atoms with E-state index in [-0.39, 0.29) is 11.8 Å². The smallest absolute Gasteiger partial charge is 0.333 e. The molecule has 3 N–H and O–H groups in total. The van der Waals surface area contributed by atoms with Gasteiger partial charge in [-0.1, -0.05) is 0 Å². The maximum atomic E-state index is 11.8. The largest absolute Gasteiger partial charge is 0.493 e. The van der Waals surface area contributed by atoms with Gasteiger partial charge in [0.2, 0.25) is 5.88 Å². The lowest BCUT2D eigenvalue weighted by Gasteiger charge is -2.05. The summed E-state index contributed by atoms with van der Waals surface area (Å²) in [7, 11) is 0. The molecule has 1 fully saturated rings. The van der Waals surface area contributed by atoms with Gasteiger partial charge in [0.15, 0.2) is 0 Å². The van der Waals surface area contributed by atoms with Gasteiger partial charge in [0.05, 0.1) is 11.9 Å². The Hall–Kier alpha value is -2.50. The summed E-state index contributed by atoms with van der Waals surface area (Å²) in [6, 6.07) is 6.81. The summed E-state index contributed by atoms with van der Waals surface area (Å²) >= 11 is 0. The third-order valence-electron chi connectivity index (χ3n) is 3.06. The molecule has 1 amide bonds. The number of nitrogens with zero attached hydrogens (tertiary/aromatic N) is 1. The zero-order chi connectivity index (χ0) is 13.4. The number of hydrogen-bond acceptors (Lipinski definition) is 3. The van der Waals surface area contributed by atoms with Crippen molar-refractivity contribution >= 4 is 5.91 Å². The number of aromatic hydroxyl groups is 1. The Bertz CT molecular complexity index is 665. The number of rotatable bonds is 3. The van der Waals surface area contributed by atoms with E-state index in [0.29, 0.717) is 17.3 Å². The first-order valence-corrected chi connectivity index (χ1v) is 6.06. The van der Waals surface area contributed by atoms with Crippen LogP contribution in [0.1, 0.15) is 23.2 Å². The van der Waals surface area contributed by atoms with Crippen LogP contribution in [0.3, 0.4) is 0 Å². The van der Waals surface area contributed by atoms with Crippen molar-refractivity contribution in [1.29, 1.82) is 0 Å². The van der Waals surface area contributed by atoms with E-state index in [1.165, 1.54) is 6.20 Å². The van der Waals surface area contributed by atoms with E-state index < -0.39 is 5.69 Å². The van der Waals surface area contributed by atoms with E-state index in [0.717, 1.165) is 17.4 Å². The second-order valence-corrected chi connectivity index (χ2v) is 4.58. The maximum Gasteiger partial charge on any atom is 0.333 e. The molecule has 98 valence electrons. The fourth-order valence-corrected chi connectivity index (χ4v) is 1.87. The van der Waals surface area contributed by atoms with Gasteiger partial charge in [-0.25, -0.2) is 9.36 Å². The van der Waals surface area contributed by atoms with Crippen LogP contribution in [0.5, 0.6) is 5.88 Å². The van der Waals surface area contributed by atoms with Gasteiger partial charge in [-0.05, 0) is 37.1 Å². The van der Waals surface area contributed by atoms with Crippen LogP contribution >= 0.6 is 0 Å². The molecule has 1 aliphatic carbocycles. The highest BCUT2D eigenvalue weighted by Crippen LogP contribution is 2.20. The fourth-order valence-electron chi connectivity index (χ4n) is 1.87. The molecule has 19 heavy (non-hydrogen) atoms. The molecule has 1 heterocycles. The lowest BCUT2D eigenvalue weighted by Crippen LogP contribution is -2.25. The third-order valence-corrected chi connectivity index (χ3v) is 3.06. The molecular formula is C13H13N3O3. The van der Waals surface area contributed by atoms with Crippen molar-refractivity contribution in [1.82, 2.24) is 14.9 Å². The molecule has 0 radical (unpaired) electrons. The van der Waals surface area contributed by atoms with Crippen molar-refractivity contribution in [2.45, 2.75) is 18.9 Å². The molecule has 1 aliphatic rings. The van der Waals surface area contributed by atoms with Gasteiger partial charge >= 0.3 is 5.69 Å². The molecule has 0 unspecified atom stereocenters. The van der Waals surface area contributed by atoms with E-state index in [9.17, 15) is 14.7 Å². The Kier molecular flexibility index (Phi) is 2.63. The molecule has 1 aromatic heterocycles. The standard InChI is InChI=1S/C13H13N3O3/c17-11-7-14-13(19)16(11)10-5-1-8(2-6-10)12(18)15-9-3-4-9/h1-2,5-7,9,17H,3-4H2,(H,14,19)(H,15,18). The molecule has 2 aromatic rings. The summed E-state index contributed by atoms with van der Waals surface area (Å²) in [5.74, 6) is -0.278. The monoisotopic (exact) mass is 259 g/mol. The number of nitrogens with one attached hydrogen (secondary N) is 2. The van der Waals surface area contributed by atoms with Gasteiger partial charge in [-0.2, -0.15) is 0 Å². The molecule has 6 heteroatoms. The van der Waals surface area contributed by atoms with E-state index in [1.807, 2.05) is 0 Å². The van der Waals surface area contributed by atoms with Crippen molar-refractivity contribution in [3.63, 3.8) is 0 Å². The van der Waals surface area contributed by atoms with Crippen LogP contribution in [0.25, 0.3) is 5.69 Å². The Labute approximate surface area is 108 Å². The zero-order valence-electron chi connectivity index (χ0n) is 10.1. The SMILES string of the molecule is O=C(NC1CC1)c1ccc(-n2c(O)c[nH]c2=O)cc1. The quantitative estimate of drug-likeness (QED) is 0.760. The molecule has 0 spiro atoms. The third kappa shape index (κ3) is 2.24. The average Bonchev–Trinajstić information content (AvgIpc) is 3.15. The van der Waals surface area contributed by atoms with Crippen molar-refractivity contribution in [2.24, 2.45) is 0 Å². The number of imidazole rings is 1. The Morgan fingerprint density at radius 3 is 2.53 bits per heavy atom. The van der Waals surface area contributed by atoms with Gasteiger partial charge in [0, 0.05) is 11.6 Å². The molecule has 6 nitrogen and oxygen atoms in total. The Morgan fingerprint density at radius 2 is 2.00 bits per heavy atom. The van der Waals surface area contributed by atoms with Crippen LogP contribution in [-0.4, -0.2) is 26.6 Å². The molecule has 0 atom stereocenters. The van der Waals surface area contributed by atoms with Gasteiger partial charge in [-0.3, -0.25) is 4.79 Å². The van der Waals surface area contributed by atoms with Crippen LogP contribution in [0.15, 0.2) is 35.3 Å². The van der Waals surface area contributed by atoms with Gasteiger partial charge < -0.3 is 15.4 Å². The highest BCUT2D eigenvalue weighted by Gasteiger charge is 2.23. The molecule has 1 aromatic carbocycles. The predicted molar refractivity (Wildman–Crippen MR) is 68.5 cm³/mol. The topological polar surface area (TPSA) is 87.1 Å². The summed E-state index contributed by atoms with van der Waals surface area (Å²) < 4.78 is 1.13. The molecule has 0 aliphatic heterocycles. The van der Waals surface area contributed by atoms with E-state index in [4.69, 9.17) is 0 Å². The number of hydrogen-bond donors (Lipinski definition) is 3. The number of aromatic nitrogens is 2. The highest BCUT2D eigenvalue weighted by atomic mass is 16.3. The van der Waals surface area contributed by atoms with E-state index in [2.05, 4.69) is 10.3 Å². The van der Waals surface area contributed by atoms with Crippen molar-refractivity contribution in [2.75, 3.05) is 0 Å². The second kappa shape index (κ2) is 4.31. The van der Waals surface area contributed by atoms with Gasteiger partial charge in [0.1, 0.15) is 0 Å². The van der Waals surface area contributed by atoms with Crippen LogP contribution in [0.4, 0.5) is 0 Å². The number of carbonyl (C=O) groups is 1. The molecule has 0 bridgehead atoms. The Morgan fingerprint density at radius 1 is 1.32 bits per heavy atom. The minimum atomic E-state index is -0.423. The van der Waals surface area contributed by atoms with E-state index >= 15 is 0 Å². The number of carbonyl (C=O) groups excluding carboxylic acids is 1.